The van der Waals surface area contributed by atoms with Gasteiger partial charge in [-0.05, 0) is 17.7 Å². The fourth-order valence-electron chi connectivity index (χ4n) is 2.28. The van der Waals surface area contributed by atoms with Crippen LogP contribution >= 0.6 is 0 Å². The Morgan fingerprint density at radius 2 is 2.00 bits per heavy atom. The van der Waals surface area contributed by atoms with Gasteiger partial charge in [0.05, 0.1) is 0 Å². The third-order valence-corrected chi connectivity index (χ3v) is 3.32. The van der Waals surface area contributed by atoms with E-state index in [4.69, 9.17) is 14.2 Å². The van der Waals surface area contributed by atoms with E-state index in [-0.39, 0.29) is 6.61 Å². The maximum Gasteiger partial charge on any atom is 0.335 e. The minimum atomic E-state index is -0.696. The normalized spacial score (nSPS) is 21.4. The van der Waals surface area contributed by atoms with Crippen LogP contribution in [-0.4, -0.2) is 18.9 Å². The van der Waals surface area contributed by atoms with Gasteiger partial charge < -0.3 is 14.2 Å². The Kier molecular flexibility index (Phi) is 3.73. The lowest BCUT2D eigenvalue weighted by atomic mass is 10.0. The van der Waals surface area contributed by atoms with Gasteiger partial charge >= 0.3 is 5.97 Å². The van der Waals surface area contributed by atoms with E-state index in [0.717, 1.165) is 16.3 Å². The number of hydrogen-bond acceptors (Lipinski definition) is 4. The first kappa shape index (κ1) is 13.8. The van der Waals surface area contributed by atoms with Crippen LogP contribution in [0.25, 0.3) is 10.8 Å². The molecule has 1 heterocycles. The molecule has 0 spiro atoms. The zero-order chi connectivity index (χ0) is 14.8. The number of rotatable bonds is 3. The van der Waals surface area contributed by atoms with Gasteiger partial charge in [0.2, 0.25) is 6.29 Å². The zero-order valence-electron chi connectivity index (χ0n) is 11.7. The quantitative estimate of drug-likeness (QED) is 0.640. The number of ether oxygens (including phenoxy) is 3. The molecule has 3 rings (SSSR count). The lowest BCUT2D eigenvalue weighted by molar-refractivity contribution is -0.172. The first-order valence-corrected chi connectivity index (χ1v) is 6.76. The van der Waals surface area contributed by atoms with E-state index < -0.39 is 18.5 Å². The van der Waals surface area contributed by atoms with Crippen molar-refractivity contribution in [2.75, 3.05) is 6.61 Å². The molecule has 1 fully saturated rings. The SMILES string of the molecule is C=C(C)C(=O)OC1COC(c2cccc3ccccc23)O1. The van der Waals surface area contributed by atoms with Gasteiger partial charge in [-0.2, -0.15) is 0 Å². The zero-order valence-corrected chi connectivity index (χ0v) is 11.7. The molecule has 1 aliphatic rings. The number of carbonyl (C=O) groups excluding carboxylic acids is 1. The molecule has 1 saturated heterocycles. The molecule has 0 aromatic heterocycles. The summed E-state index contributed by atoms with van der Waals surface area (Å²) in [5, 5.41) is 2.18. The van der Waals surface area contributed by atoms with Crippen LogP contribution in [0.1, 0.15) is 18.8 Å². The van der Waals surface area contributed by atoms with Gasteiger partial charge in [0.1, 0.15) is 6.61 Å². The highest BCUT2D eigenvalue weighted by molar-refractivity contribution is 5.87. The molecule has 1 aliphatic heterocycles. The standard InChI is InChI=1S/C17H16O4/c1-11(2)16(18)20-15-10-19-17(21-15)14-9-5-7-12-6-3-4-8-13(12)14/h3-9,15,17H,1,10H2,2H3. The second-order valence-corrected chi connectivity index (χ2v) is 4.98. The second-order valence-electron chi connectivity index (χ2n) is 4.98. The Morgan fingerprint density at radius 3 is 2.81 bits per heavy atom. The molecular weight excluding hydrogens is 268 g/mol. The molecule has 0 aliphatic carbocycles. The summed E-state index contributed by atoms with van der Waals surface area (Å²) in [6.07, 6.45) is -1.22. The highest BCUT2D eigenvalue weighted by Gasteiger charge is 2.31. The molecule has 108 valence electrons. The average molecular weight is 284 g/mol. The van der Waals surface area contributed by atoms with Gasteiger partial charge in [-0.25, -0.2) is 4.79 Å². The van der Waals surface area contributed by atoms with E-state index in [0.29, 0.717) is 5.57 Å². The lowest BCUT2D eigenvalue weighted by Crippen LogP contribution is -2.20. The molecule has 0 bridgehead atoms. The van der Waals surface area contributed by atoms with Crippen molar-refractivity contribution < 1.29 is 19.0 Å². The van der Waals surface area contributed by atoms with Crippen molar-refractivity contribution in [2.24, 2.45) is 0 Å². The summed E-state index contributed by atoms with van der Waals surface area (Å²) < 4.78 is 16.4. The smallest absolute Gasteiger partial charge is 0.335 e. The highest BCUT2D eigenvalue weighted by Crippen LogP contribution is 2.32. The summed E-state index contributed by atoms with van der Waals surface area (Å²) in [6, 6.07) is 14.0. The predicted molar refractivity (Wildman–Crippen MR) is 78.4 cm³/mol. The van der Waals surface area contributed by atoms with Crippen LogP contribution in [0.5, 0.6) is 0 Å². The van der Waals surface area contributed by atoms with Crippen LogP contribution in [-0.2, 0) is 19.0 Å². The Balaban J connectivity index is 1.79. The number of hydrogen-bond donors (Lipinski definition) is 0. The summed E-state index contributed by atoms with van der Waals surface area (Å²) >= 11 is 0. The number of benzene rings is 2. The molecule has 21 heavy (non-hydrogen) atoms. The topological polar surface area (TPSA) is 44.8 Å². The number of esters is 1. The van der Waals surface area contributed by atoms with Crippen LogP contribution in [0.15, 0.2) is 54.6 Å². The first-order chi connectivity index (χ1) is 10.1. The minimum Gasteiger partial charge on any atom is -0.430 e. The van der Waals surface area contributed by atoms with Gasteiger partial charge in [0.15, 0.2) is 6.29 Å². The number of fused-ring (bicyclic) bond motifs is 1. The minimum absolute atomic E-state index is 0.215. The van der Waals surface area contributed by atoms with Crippen molar-refractivity contribution in [3.05, 3.63) is 60.2 Å². The van der Waals surface area contributed by atoms with E-state index >= 15 is 0 Å². The Morgan fingerprint density at radius 1 is 1.24 bits per heavy atom. The summed E-state index contributed by atoms with van der Waals surface area (Å²) in [5.74, 6) is -0.470. The largest absolute Gasteiger partial charge is 0.430 e. The first-order valence-electron chi connectivity index (χ1n) is 6.76. The average Bonchev–Trinajstić information content (AvgIpc) is 2.95. The Labute approximate surface area is 122 Å². The highest BCUT2D eigenvalue weighted by atomic mass is 16.8. The molecule has 0 saturated carbocycles. The lowest BCUT2D eigenvalue weighted by Gasteiger charge is -2.14. The maximum atomic E-state index is 11.5. The molecule has 4 nitrogen and oxygen atoms in total. The molecule has 2 aromatic carbocycles. The second kappa shape index (κ2) is 5.68. The Bertz CT molecular complexity index is 687. The fourth-order valence-corrected chi connectivity index (χ4v) is 2.28. The van der Waals surface area contributed by atoms with Crippen molar-refractivity contribution >= 4 is 16.7 Å². The molecule has 4 heteroatoms. The molecule has 0 amide bonds. The van der Waals surface area contributed by atoms with Crippen molar-refractivity contribution in [2.45, 2.75) is 19.5 Å². The van der Waals surface area contributed by atoms with Crippen molar-refractivity contribution in [1.82, 2.24) is 0 Å². The molecule has 0 radical (unpaired) electrons. The third kappa shape index (κ3) is 2.82. The Hall–Kier alpha value is -2.17. The van der Waals surface area contributed by atoms with Gasteiger partial charge in [-0.3, -0.25) is 0 Å². The van der Waals surface area contributed by atoms with Crippen LogP contribution < -0.4 is 0 Å². The van der Waals surface area contributed by atoms with Gasteiger partial charge in [-0.1, -0.05) is 49.0 Å². The van der Waals surface area contributed by atoms with E-state index in [9.17, 15) is 4.79 Å². The van der Waals surface area contributed by atoms with E-state index in [1.165, 1.54) is 0 Å². The summed E-state index contributed by atoms with van der Waals surface area (Å²) in [7, 11) is 0. The van der Waals surface area contributed by atoms with E-state index in [1.54, 1.807) is 6.92 Å². The van der Waals surface area contributed by atoms with Gasteiger partial charge in [-0.15, -0.1) is 0 Å². The van der Waals surface area contributed by atoms with Crippen molar-refractivity contribution in [1.29, 1.82) is 0 Å². The summed E-state index contributed by atoms with van der Waals surface area (Å²) in [4.78, 5) is 11.5. The van der Waals surface area contributed by atoms with E-state index in [1.807, 2.05) is 42.5 Å². The molecule has 0 N–H and O–H groups in total. The van der Waals surface area contributed by atoms with Crippen LogP contribution in [0.3, 0.4) is 0 Å². The van der Waals surface area contributed by atoms with Crippen LogP contribution in [0, 0.1) is 0 Å². The van der Waals surface area contributed by atoms with Crippen LogP contribution in [0.2, 0.25) is 0 Å². The van der Waals surface area contributed by atoms with Crippen molar-refractivity contribution in [3.8, 4) is 0 Å². The molecular formula is C17H16O4. The van der Waals surface area contributed by atoms with E-state index in [2.05, 4.69) is 6.58 Å². The number of carbonyl (C=O) groups is 1. The van der Waals surface area contributed by atoms with Crippen molar-refractivity contribution in [3.63, 3.8) is 0 Å². The van der Waals surface area contributed by atoms with Gasteiger partial charge in [0.25, 0.3) is 0 Å². The summed E-state index contributed by atoms with van der Waals surface area (Å²) in [6.45, 7) is 5.36. The maximum absolute atomic E-state index is 11.5. The molecule has 2 aromatic rings. The monoisotopic (exact) mass is 284 g/mol. The summed E-state index contributed by atoms with van der Waals surface area (Å²) in [5.41, 5.74) is 1.27. The molecule has 2 atom stereocenters. The molecule has 2 unspecified atom stereocenters. The fraction of sp³-hybridized carbons (Fsp3) is 0.235. The third-order valence-electron chi connectivity index (χ3n) is 3.32. The van der Waals surface area contributed by atoms with Gasteiger partial charge in [0, 0.05) is 11.1 Å². The predicted octanol–water partition coefficient (Wildman–Crippen LogP) is 3.33. The van der Waals surface area contributed by atoms with Crippen LogP contribution in [0.4, 0.5) is 0 Å².